The number of rotatable bonds is 15. The fourth-order valence-corrected chi connectivity index (χ4v) is 10.9. The number of carbonyl (C=O) groups excluding carboxylic acids is 3. The number of alkyl halides is 2. The van der Waals surface area contributed by atoms with Gasteiger partial charge in [-0.15, -0.1) is 11.8 Å². The van der Waals surface area contributed by atoms with Gasteiger partial charge in [-0.1, -0.05) is 88.7 Å². The Labute approximate surface area is 333 Å². The number of carbonyl (C=O) groups is 4. The van der Waals surface area contributed by atoms with E-state index in [9.17, 15) is 36.7 Å². The lowest BCUT2D eigenvalue weighted by Gasteiger charge is -2.46. The van der Waals surface area contributed by atoms with Crippen molar-refractivity contribution >= 4 is 45.6 Å². The third kappa shape index (κ3) is 9.35. The Morgan fingerprint density at radius 2 is 1.57 bits per heavy atom. The molecule has 0 spiro atoms. The van der Waals surface area contributed by atoms with Gasteiger partial charge in [0, 0.05) is 18.5 Å². The normalized spacial score (nSPS) is 24.4. The Hall–Kier alpha value is -3.72. The number of halogens is 2. The van der Waals surface area contributed by atoms with Crippen molar-refractivity contribution < 1.29 is 41.5 Å². The highest BCUT2D eigenvalue weighted by molar-refractivity contribution is 8.00. The second kappa shape index (κ2) is 16.3. The second-order valence-corrected chi connectivity index (χ2v) is 21.0. The predicted octanol–water partition coefficient (Wildman–Crippen LogP) is 7.01. The summed E-state index contributed by atoms with van der Waals surface area (Å²) in [5.41, 5.74) is -1.08. The fourth-order valence-electron chi connectivity index (χ4n) is 7.86. The highest BCUT2D eigenvalue weighted by Gasteiger charge is 2.64. The van der Waals surface area contributed by atoms with E-state index >= 15 is 4.79 Å². The Morgan fingerprint density at radius 3 is 2.09 bits per heavy atom. The van der Waals surface area contributed by atoms with Gasteiger partial charge < -0.3 is 15.3 Å². The molecule has 0 bridgehead atoms. The number of unbranched alkanes of at least 4 members (excludes halogenated alkanes) is 1. The summed E-state index contributed by atoms with van der Waals surface area (Å²) in [6.45, 7) is 12.4. The molecule has 3 N–H and O–H groups in total. The van der Waals surface area contributed by atoms with E-state index in [1.54, 1.807) is 53.3 Å². The molecule has 308 valence electrons. The SMILES string of the molecule is CCCCS[C@@]1(c2ccc(-c3ccccc3)cc2)C[C@@H](C(=O)N[C@]2(C(=O)NS(=O)(=O)C3CC3)C[C@H]2CC(F)F)N(C(=O)[C@@H](N(C(=O)O)C(C)(C)C)C(C)(C)C)C1. The van der Waals surface area contributed by atoms with Crippen LogP contribution < -0.4 is 10.0 Å². The lowest BCUT2D eigenvalue weighted by Crippen LogP contribution is -2.64. The van der Waals surface area contributed by atoms with Gasteiger partial charge in [0.2, 0.25) is 28.3 Å². The topological polar surface area (TPSA) is 153 Å². The van der Waals surface area contributed by atoms with Gasteiger partial charge in [-0.25, -0.2) is 22.0 Å². The van der Waals surface area contributed by atoms with Gasteiger partial charge in [0.1, 0.15) is 17.6 Å². The van der Waals surface area contributed by atoms with Crippen LogP contribution in [0.1, 0.15) is 99.0 Å². The summed E-state index contributed by atoms with van der Waals surface area (Å²) in [4.78, 5) is 59.1. The van der Waals surface area contributed by atoms with Crippen LogP contribution in [0.2, 0.25) is 0 Å². The maximum absolute atomic E-state index is 15.2. The fraction of sp³-hybridized carbons (Fsp3) is 0.610. The zero-order valence-corrected chi connectivity index (χ0v) is 34.9. The molecule has 2 aromatic rings. The summed E-state index contributed by atoms with van der Waals surface area (Å²) in [7, 11) is -4.08. The Balaban J connectivity index is 1.60. The lowest BCUT2D eigenvalue weighted by atomic mass is 9.82. The molecule has 3 fully saturated rings. The summed E-state index contributed by atoms with van der Waals surface area (Å²) in [6.07, 6.45) is -2.54. The average molecular weight is 819 g/mol. The molecule has 5 atom stereocenters. The van der Waals surface area contributed by atoms with Crippen LogP contribution in [0.5, 0.6) is 0 Å². The zero-order chi connectivity index (χ0) is 41.4. The molecule has 2 aromatic carbocycles. The summed E-state index contributed by atoms with van der Waals surface area (Å²) in [5, 5.41) is 12.5. The van der Waals surface area contributed by atoms with Crippen molar-refractivity contribution in [3.05, 3.63) is 60.2 Å². The number of thioether (sulfide) groups is 1. The van der Waals surface area contributed by atoms with Crippen LogP contribution in [-0.4, -0.2) is 94.3 Å². The Bertz CT molecular complexity index is 1880. The Kier molecular flexibility index (Phi) is 12.6. The van der Waals surface area contributed by atoms with Crippen LogP contribution in [0.15, 0.2) is 54.6 Å². The lowest BCUT2D eigenvalue weighted by molar-refractivity contribution is -0.148. The molecule has 56 heavy (non-hydrogen) atoms. The van der Waals surface area contributed by atoms with E-state index in [1.807, 2.05) is 59.3 Å². The summed E-state index contributed by atoms with van der Waals surface area (Å²) < 4.78 is 54.4. The van der Waals surface area contributed by atoms with Crippen LogP contribution in [0.4, 0.5) is 13.6 Å². The van der Waals surface area contributed by atoms with Crippen molar-refractivity contribution in [2.75, 3.05) is 12.3 Å². The number of hydrogen-bond acceptors (Lipinski definition) is 7. The van der Waals surface area contributed by atoms with E-state index in [2.05, 4.69) is 12.2 Å². The molecule has 11 nitrogen and oxygen atoms in total. The number of benzene rings is 2. The molecule has 4 amide bonds. The van der Waals surface area contributed by atoms with Crippen molar-refractivity contribution in [2.24, 2.45) is 11.3 Å². The predicted molar refractivity (Wildman–Crippen MR) is 214 cm³/mol. The standard InChI is InChI=1S/C41H56F2N4O7S2/c1-8-9-21-55-40(28-17-15-27(16-18-28)26-13-11-10-12-14-26)24-31(46(25-40)35(49)33(38(2,3)4)47(37(51)52)39(5,6)7)34(48)44-41(23-29(41)22-32(42)43)36(50)45-56(53,54)30-19-20-30/h10-18,29-33H,8-9,19-25H2,1-7H3,(H,44,48)(H,45,50)(H,51,52)/t29-,31+,33-,40+,41-/m1/s1. The molecular weight excluding hydrogens is 763 g/mol. The van der Waals surface area contributed by atoms with Crippen LogP contribution in [0.25, 0.3) is 11.1 Å². The van der Waals surface area contributed by atoms with Crippen molar-refractivity contribution in [3.63, 3.8) is 0 Å². The van der Waals surface area contributed by atoms with Crippen LogP contribution in [0.3, 0.4) is 0 Å². The van der Waals surface area contributed by atoms with E-state index in [0.29, 0.717) is 18.6 Å². The summed E-state index contributed by atoms with van der Waals surface area (Å²) in [5.74, 6) is -2.83. The van der Waals surface area contributed by atoms with E-state index in [1.165, 1.54) is 4.90 Å². The minimum atomic E-state index is -4.08. The van der Waals surface area contributed by atoms with Gasteiger partial charge in [-0.05, 0) is 86.7 Å². The van der Waals surface area contributed by atoms with E-state index in [0.717, 1.165) is 34.4 Å². The molecule has 2 saturated carbocycles. The van der Waals surface area contributed by atoms with Gasteiger partial charge in [-0.3, -0.25) is 24.0 Å². The number of amides is 4. The molecule has 1 heterocycles. The molecule has 1 aliphatic heterocycles. The maximum atomic E-state index is 15.2. The molecule has 1 saturated heterocycles. The van der Waals surface area contributed by atoms with Gasteiger partial charge >= 0.3 is 6.09 Å². The molecule has 5 rings (SSSR count). The molecule has 0 aromatic heterocycles. The first-order valence-corrected chi connectivity index (χ1v) is 21.9. The monoisotopic (exact) mass is 818 g/mol. The first-order valence-electron chi connectivity index (χ1n) is 19.3. The smallest absolute Gasteiger partial charge is 0.408 e. The summed E-state index contributed by atoms with van der Waals surface area (Å²) in [6, 6.07) is 15.2. The number of carboxylic acid groups (broad SMARTS) is 1. The van der Waals surface area contributed by atoms with Crippen molar-refractivity contribution in [1.82, 2.24) is 19.8 Å². The molecular formula is C41H56F2N4O7S2. The number of likely N-dealkylation sites (tertiary alicyclic amines) is 1. The molecule has 0 radical (unpaired) electrons. The molecule has 2 aliphatic carbocycles. The van der Waals surface area contributed by atoms with Gasteiger partial charge in [-0.2, -0.15) is 0 Å². The highest BCUT2D eigenvalue weighted by Crippen LogP contribution is 2.51. The second-order valence-electron chi connectivity index (χ2n) is 17.6. The van der Waals surface area contributed by atoms with Crippen molar-refractivity contribution in [2.45, 2.75) is 133 Å². The average Bonchev–Trinajstić information content (AvgIpc) is 4.03. The third-order valence-corrected chi connectivity index (χ3v) is 14.5. The minimum absolute atomic E-state index is 0.0168. The highest BCUT2D eigenvalue weighted by atomic mass is 32.2. The molecule has 3 aliphatic rings. The van der Waals surface area contributed by atoms with Crippen LogP contribution >= 0.6 is 11.8 Å². The minimum Gasteiger partial charge on any atom is -0.465 e. The number of sulfonamides is 1. The first kappa shape index (κ1) is 43.4. The largest absolute Gasteiger partial charge is 0.465 e. The third-order valence-electron chi connectivity index (χ3n) is 11.1. The number of nitrogens with one attached hydrogen (secondary N) is 2. The van der Waals surface area contributed by atoms with E-state index < -0.39 is 91.2 Å². The summed E-state index contributed by atoms with van der Waals surface area (Å²) >= 11 is 1.60. The first-order chi connectivity index (χ1) is 26.1. The van der Waals surface area contributed by atoms with Crippen molar-refractivity contribution in [1.29, 1.82) is 0 Å². The quantitative estimate of drug-likeness (QED) is 0.162. The Morgan fingerprint density at radius 1 is 0.964 bits per heavy atom. The number of nitrogens with zero attached hydrogens (tertiary/aromatic N) is 2. The zero-order valence-electron chi connectivity index (χ0n) is 33.3. The van der Waals surface area contributed by atoms with Gasteiger partial charge in [0.05, 0.1) is 10.00 Å². The molecule has 15 heteroatoms. The molecule has 0 unspecified atom stereocenters. The van der Waals surface area contributed by atoms with E-state index in [-0.39, 0.29) is 19.4 Å². The number of hydrogen-bond donors (Lipinski definition) is 3. The van der Waals surface area contributed by atoms with Gasteiger partial charge in [0.15, 0.2) is 0 Å². The van der Waals surface area contributed by atoms with Crippen molar-refractivity contribution in [3.8, 4) is 11.1 Å². The van der Waals surface area contributed by atoms with Gasteiger partial charge in [0.25, 0.3) is 5.91 Å². The van der Waals surface area contributed by atoms with Crippen LogP contribution in [-0.2, 0) is 29.2 Å². The van der Waals surface area contributed by atoms with Crippen LogP contribution in [0, 0.1) is 11.3 Å². The maximum Gasteiger partial charge on any atom is 0.408 e. The van der Waals surface area contributed by atoms with E-state index in [4.69, 9.17) is 0 Å².